The largest absolute Gasteiger partial charge is 0.497 e. The SMILES string of the molecule is COc1ccc([C@@H]2CC(=O)Oc3ccc4c(c32)O/C(=C\c2cccnc2)C4=O)c(OC)c1. The Hall–Kier alpha value is -4.13. The lowest BCUT2D eigenvalue weighted by Gasteiger charge is -2.27. The molecule has 0 N–H and O–H groups in total. The molecule has 7 nitrogen and oxygen atoms in total. The Morgan fingerprint density at radius 2 is 1.94 bits per heavy atom. The minimum absolute atomic E-state index is 0.0886. The quantitative estimate of drug-likeness (QED) is 0.350. The van der Waals surface area contributed by atoms with Crippen molar-refractivity contribution in [3.05, 3.63) is 82.9 Å². The van der Waals surface area contributed by atoms with E-state index in [4.69, 9.17) is 18.9 Å². The summed E-state index contributed by atoms with van der Waals surface area (Å²) in [5, 5.41) is 0. The molecular weight excluding hydrogens is 410 g/mol. The smallest absolute Gasteiger partial charge is 0.312 e. The highest BCUT2D eigenvalue weighted by Gasteiger charge is 2.39. The predicted molar refractivity (Wildman–Crippen MR) is 115 cm³/mol. The van der Waals surface area contributed by atoms with Gasteiger partial charge in [0.05, 0.1) is 26.2 Å². The van der Waals surface area contributed by atoms with Crippen molar-refractivity contribution in [2.45, 2.75) is 12.3 Å². The second-order valence-electron chi connectivity index (χ2n) is 7.42. The molecule has 3 aromatic rings. The van der Waals surface area contributed by atoms with Gasteiger partial charge in [0.2, 0.25) is 5.78 Å². The van der Waals surface area contributed by atoms with Crippen molar-refractivity contribution >= 4 is 17.8 Å². The van der Waals surface area contributed by atoms with Crippen LogP contribution >= 0.6 is 0 Å². The number of hydrogen-bond acceptors (Lipinski definition) is 7. The van der Waals surface area contributed by atoms with Gasteiger partial charge in [-0.3, -0.25) is 14.6 Å². The van der Waals surface area contributed by atoms with Gasteiger partial charge in [0.25, 0.3) is 0 Å². The molecule has 7 heteroatoms. The van der Waals surface area contributed by atoms with Gasteiger partial charge in [-0.1, -0.05) is 12.1 Å². The van der Waals surface area contributed by atoms with Crippen molar-refractivity contribution in [3.8, 4) is 23.0 Å². The van der Waals surface area contributed by atoms with Crippen molar-refractivity contribution in [2.75, 3.05) is 14.2 Å². The first-order valence-corrected chi connectivity index (χ1v) is 10.0. The third-order valence-electron chi connectivity index (χ3n) is 5.58. The number of nitrogens with zero attached hydrogens (tertiary/aromatic N) is 1. The van der Waals surface area contributed by atoms with Crippen molar-refractivity contribution < 1.29 is 28.5 Å². The molecule has 1 aromatic heterocycles. The summed E-state index contributed by atoms with van der Waals surface area (Å²) >= 11 is 0. The molecule has 0 radical (unpaired) electrons. The zero-order chi connectivity index (χ0) is 22.2. The number of hydrogen-bond donors (Lipinski definition) is 0. The molecule has 5 rings (SSSR count). The maximum Gasteiger partial charge on any atom is 0.312 e. The van der Waals surface area contributed by atoms with E-state index in [0.29, 0.717) is 34.1 Å². The summed E-state index contributed by atoms with van der Waals surface area (Å²) in [6.07, 6.45) is 5.05. The van der Waals surface area contributed by atoms with Crippen LogP contribution in [0.5, 0.6) is 23.0 Å². The fraction of sp³-hybridized carbons (Fsp3) is 0.160. The van der Waals surface area contributed by atoms with Gasteiger partial charge in [-0.15, -0.1) is 0 Å². The summed E-state index contributed by atoms with van der Waals surface area (Å²) in [6, 6.07) is 12.3. The van der Waals surface area contributed by atoms with Crippen LogP contribution in [0.25, 0.3) is 6.08 Å². The van der Waals surface area contributed by atoms with Gasteiger partial charge in [-0.05, 0) is 35.9 Å². The highest BCUT2D eigenvalue weighted by Crippen LogP contribution is 2.50. The van der Waals surface area contributed by atoms with Gasteiger partial charge in [0, 0.05) is 35.5 Å². The number of ketones is 1. The van der Waals surface area contributed by atoms with Gasteiger partial charge in [0.15, 0.2) is 5.76 Å². The Kier molecular flexibility index (Phi) is 4.86. The number of aromatic nitrogens is 1. The van der Waals surface area contributed by atoms with E-state index in [2.05, 4.69) is 4.98 Å². The molecule has 2 aliphatic heterocycles. The molecule has 0 spiro atoms. The molecule has 0 saturated carbocycles. The van der Waals surface area contributed by atoms with Gasteiger partial charge in [-0.25, -0.2) is 0 Å². The van der Waals surface area contributed by atoms with Gasteiger partial charge >= 0.3 is 5.97 Å². The zero-order valence-corrected chi connectivity index (χ0v) is 17.5. The number of pyridine rings is 1. The van der Waals surface area contributed by atoms with E-state index < -0.39 is 5.92 Å². The van der Waals surface area contributed by atoms with Crippen LogP contribution in [0.1, 0.15) is 39.4 Å². The number of esters is 1. The first-order chi connectivity index (χ1) is 15.6. The van der Waals surface area contributed by atoms with E-state index >= 15 is 0 Å². The maximum atomic E-state index is 13.0. The second kappa shape index (κ2) is 7.85. The molecule has 160 valence electrons. The van der Waals surface area contributed by atoms with Crippen LogP contribution in [-0.2, 0) is 4.79 Å². The number of rotatable bonds is 4. The average molecular weight is 429 g/mol. The Labute approximate surface area is 184 Å². The van der Waals surface area contributed by atoms with Gasteiger partial charge in [0.1, 0.15) is 23.0 Å². The fourth-order valence-corrected chi connectivity index (χ4v) is 4.09. The zero-order valence-electron chi connectivity index (χ0n) is 17.5. The Morgan fingerprint density at radius 1 is 1.06 bits per heavy atom. The lowest BCUT2D eigenvalue weighted by atomic mass is 9.84. The minimum atomic E-state index is -0.410. The summed E-state index contributed by atoms with van der Waals surface area (Å²) in [7, 11) is 3.13. The second-order valence-corrected chi connectivity index (χ2v) is 7.42. The van der Waals surface area contributed by atoms with E-state index in [0.717, 1.165) is 11.1 Å². The van der Waals surface area contributed by atoms with E-state index in [1.165, 1.54) is 0 Å². The molecule has 0 saturated heterocycles. The molecule has 1 atom stereocenters. The van der Waals surface area contributed by atoms with Crippen LogP contribution in [0.4, 0.5) is 0 Å². The Balaban J connectivity index is 1.64. The Bertz CT molecular complexity index is 1260. The fourth-order valence-electron chi connectivity index (χ4n) is 4.09. The number of fused-ring (bicyclic) bond motifs is 3. The van der Waals surface area contributed by atoms with Gasteiger partial charge in [-0.2, -0.15) is 0 Å². The van der Waals surface area contributed by atoms with E-state index in [1.54, 1.807) is 63.0 Å². The topological polar surface area (TPSA) is 84.0 Å². The third-order valence-corrected chi connectivity index (χ3v) is 5.58. The molecule has 2 aromatic carbocycles. The highest BCUT2D eigenvalue weighted by molar-refractivity contribution is 6.15. The number of Topliss-reactive ketones (excluding diaryl/α,β-unsaturated/α-hetero) is 1. The van der Waals surface area contributed by atoms with Crippen molar-refractivity contribution in [3.63, 3.8) is 0 Å². The van der Waals surface area contributed by atoms with Crippen molar-refractivity contribution in [1.29, 1.82) is 0 Å². The van der Waals surface area contributed by atoms with E-state index in [1.807, 2.05) is 12.1 Å². The first-order valence-electron chi connectivity index (χ1n) is 10.0. The minimum Gasteiger partial charge on any atom is -0.497 e. The summed E-state index contributed by atoms with van der Waals surface area (Å²) in [6.45, 7) is 0. The molecule has 0 aliphatic carbocycles. The summed E-state index contributed by atoms with van der Waals surface area (Å²) < 4.78 is 22.4. The summed E-state index contributed by atoms with van der Waals surface area (Å²) in [5.41, 5.74) is 2.60. The van der Waals surface area contributed by atoms with Gasteiger partial charge < -0.3 is 18.9 Å². The van der Waals surface area contributed by atoms with E-state index in [9.17, 15) is 9.59 Å². The third kappa shape index (κ3) is 3.28. The number of ether oxygens (including phenoxy) is 4. The summed E-state index contributed by atoms with van der Waals surface area (Å²) in [4.78, 5) is 29.5. The monoisotopic (exact) mass is 429 g/mol. The van der Waals surface area contributed by atoms with Crippen LogP contribution < -0.4 is 18.9 Å². The molecule has 0 fully saturated rings. The van der Waals surface area contributed by atoms with E-state index in [-0.39, 0.29) is 23.9 Å². The predicted octanol–water partition coefficient (Wildman–Crippen LogP) is 4.16. The van der Waals surface area contributed by atoms with Crippen LogP contribution in [0.2, 0.25) is 0 Å². The van der Waals surface area contributed by atoms with Crippen molar-refractivity contribution in [2.24, 2.45) is 0 Å². The molecule has 0 unspecified atom stereocenters. The normalized spacial score (nSPS) is 17.9. The molecular formula is C25H19NO6. The number of allylic oxidation sites excluding steroid dienone is 1. The molecule has 2 aliphatic rings. The average Bonchev–Trinajstić information content (AvgIpc) is 3.13. The standard InChI is InChI=1S/C25H19NO6/c1-29-15-5-6-16(20(11-15)30-2)18-12-22(27)31-19-8-7-17-24(28)21(32-25(17)23(18)19)10-14-4-3-9-26-13-14/h3-11,13,18H,12H2,1-2H3/b21-10-/t18-/m0/s1. The number of carbonyl (C=O) groups excluding carboxylic acids is 2. The lowest BCUT2D eigenvalue weighted by Crippen LogP contribution is -2.22. The molecule has 0 amide bonds. The number of carbonyl (C=O) groups is 2. The number of benzene rings is 2. The molecule has 0 bridgehead atoms. The van der Waals surface area contributed by atoms with Crippen LogP contribution in [0.3, 0.4) is 0 Å². The molecule has 3 heterocycles. The molecule has 32 heavy (non-hydrogen) atoms. The van der Waals surface area contributed by atoms with Crippen LogP contribution in [0, 0.1) is 0 Å². The summed E-state index contributed by atoms with van der Waals surface area (Å²) in [5.74, 6) is 1.17. The van der Waals surface area contributed by atoms with Crippen LogP contribution in [-0.4, -0.2) is 31.0 Å². The first kappa shape index (κ1) is 19.8. The maximum absolute atomic E-state index is 13.0. The number of methoxy groups -OCH3 is 2. The lowest BCUT2D eigenvalue weighted by molar-refractivity contribution is -0.135. The highest BCUT2D eigenvalue weighted by atomic mass is 16.5. The van der Waals surface area contributed by atoms with Crippen molar-refractivity contribution in [1.82, 2.24) is 4.98 Å². The van der Waals surface area contributed by atoms with Crippen LogP contribution in [0.15, 0.2) is 60.6 Å². The Morgan fingerprint density at radius 3 is 2.69 bits per heavy atom.